The molecule has 0 fully saturated rings. The van der Waals surface area contributed by atoms with Crippen LogP contribution in [-0.4, -0.2) is 22.2 Å². The van der Waals surface area contributed by atoms with Gasteiger partial charge in [-0.25, -0.2) is 9.59 Å². The first-order valence-electron chi connectivity index (χ1n) is 15.1. The molecular weight excluding hydrogens is 448 g/mol. The van der Waals surface area contributed by atoms with Gasteiger partial charge in [0.05, 0.1) is 11.1 Å². The Morgan fingerprint density at radius 3 is 1.03 bits per heavy atom. The molecular formula is C32H54O4. The highest BCUT2D eigenvalue weighted by molar-refractivity contribution is 5.96. The molecule has 0 atom stereocenters. The SMILES string of the molecule is CCCCCCCCCCCCc1cc(CCCCCCCCCCCC)c(C(=O)O)cc1C(=O)O. The van der Waals surface area contributed by atoms with Crippen molar-refractivity contribution in [2.24, 2.45) is 0 Å². The quantitative estimate of drug-likeness (QED) is 0.138. The minimum Gasteiger partial charge on any atom is -0.478 e. The summed E-state index contributed by atoms with van der Waals surface area (Å²) in [6.07, 6.45) is 26.3. The molecule has 4 heteroatoms. The Hall–Kier alpha value is -1.84. The summed E-state index contributed by atoms with van der Waals surface area (Å²) in [7, 11) is 0. The van der Waals surface area contributed by atoms with Gasteiger partial charge in [-0.05, 0) is 42.9 Å². The molecule has 0 spiro atoms. The smallest absolute Gasteiger partial charge is 0.335 e. The molecule has 1 aromatic rings. The van der Waals surface area contributed by atoms with Crippen LogP contribution in [0.3, 0.4) is 0 Å². The number of hydrogen-bond donors (Lipinski definition) is 2. The molecule has 2 N–H and O–H groups in total. The van der Waals surface area contributed by atoms with Crippen molar-refractivity contribution in [1.29, 1.82) is 0 Å². The molecule has 4 nitrogen and oxygen atoms in total. The predicted molar refractivity (Wildman–Crippen MR) is 151 cm³/mol. The minimum absolute atomic E-state index is 0.162. The molecule has 0 aliphatic carbocycles. The van der Waals surface area contributed by atoms with Gasteiger partial charge in [-0.2, -0.15) is 0 Å². The van der Waals surface area contributed by atoms with Gasteiger partial charge < -0.3 is 10.2 Å². The van der Waals surface area contributed by atoms with Crippen molar-refractivity contribution in [2.45, 2.75) is 155 Å². The number of hydrogen-bond acceptors (Lipinski definition) is 2. The molecule has 0 aliphatic rings. The highest BCUT2D eigenvalue weighted by Gasteiger charge is 2.18. The molecule has 0 radical (unpaired) electrons. The fraction of sp³-hybridized carbons (Fsp3) is 0.750. The first-order chi connectivity index (χ1) is 17.5. The Bertz CT molecular complexity index is 668. The van der Waals surface area contributed by atoms with Crippen LogP contribution in [0.1, 0.15) is 174 Å². The minimum atomic E-state index is -1.02. The van der Waals surface area contributed by atoms with E-state index >= 15 is 0 Å². The van der Waals surface area contributed by atoms with Crippen molar-refractivity contribution in [3.05, 3.63) is 34.4 Å². The van der Waals surface area contributed by atoms with E-state index in [1.807, 2.05) is 6.07 Å². The highest BCUT2D eigenvalue weighted by Crippen LogP contribution is 2.23. The van der Waals surface area contributed by atoms with Crippen molar-refractivity contribution in [3.8, 4) is 0 Å². The summed E-state index contributed by atoms with van der Waals surface area (Å²) in [5, 5.41) is 19.4. The van der Waals surface area contributed by atoms with Crippen LogP contribution in [0, 0.1) is 0 Å². The molecule has 0 aromatic heterocycles. The lowest BCUT2D eigenvalue weighted by Crippen LogP contribution is -2.10. The maximum absolute atomic E-state index is 11.8. The van der Waals surface area contributed by atoms with Crippen LogP contribution in [0.25, 0.3) is 0 Å². The Balaban J connectivity index is 2.48. The molecule has 0 amide bonds. The summed E-state index contributed by atoms with van der Waals surface area (Å²) < 4.78 is 0. The van der Waals surface area contributed by atoms with Gasteiger partial charge in [-0.1, -0.05) is 135 Å². The lowest BCUT2D eigenvalue weighted by atomic mass is 9.92. The Morgan fingerprint density at radius 1 is 0.472 bits per heavy atom. The van der Waals surface area contributed by atoms with E-state index in [-0.39, 0.29) is 11.1 Å². The van der Waals surface area contributed by atoms with E-state index in [1.165, 1.54) is 109 Å². The maximum atomic E-state index is 11.8. The van der Waals surface area contributed by atoms with Crippen LogP contribution in [0.15, 0.2) is 12.1 Å². The van der Waals surface area contributed by atoms with Crippen LogP contribution < -0.4 is 0 Å². The standard InChI is InChI=1S/C32H54O4/c1-3-5-7-9-11-13-15-17-19-21-23-27-25-28(30(32(35)36)26-29(27)31(33)34)24-22-20-18-16-14-12-10-8-6-4-2/h25-26H,3-24H2,1-2H3,(H,33,34)(H,35,36). The Labute approximate surface area is 221 Å². The first kappa shape index (κ1) is 32.2. The van der Waals surface area contributed by atoms with Crippen molar-refractivity contribution >= 4 is 11.9 Å². The highest BCUT2D eigenvalue weighted by atomic mass is 16.4. The molecule has 36 heavy (non-hydrogen) atoms. The average molecular weight is 503 g/mol. The van der Waals surface area contributed by atoms with Gasteiger partial charge in [-0.3, -0.25) is 0 Å². The number of rotatable bonds is 24. The van der Waals surface area contributed by atoms with Crippen LogP contribution in [-0.2, 0) is 12.8 Å². The second kappa shape index (κ2) is 21.3. The summed E-state index contributed by atoms with van der Waals surface area (Å²) >= 11 is 0. The molecule has 1 rings (SSSR count). The van der Waals surface area contributed by atoms with Crippen molar-refractivity contribution in [1.82, 2.24) is 0 Å². The average Bonchev–Trinajstić information content (AvgIpc) is 2.85. The molecule has 0 aliphatic heterocycles. The molecule has 0 bridgehead atoms. The fourth-order valence-electron chi connectivity index (χ4n) is 5.11. The van der Waals surface area contributed by atoms with E-state index in [9.17, 15) is 19.8 Å². The lowest BCUT2D eigenvalue weighted by molar-refractivity contribution is 0.0695. The summed E-state index contributed by atoms with van der Waals surface area (Å²) in [6, 6.07) is 3.29. The van der Waals surface area contributed by atoms with E-state index in [4.69, 9.17) is 0 Å². The largest absolute Gasteiger partial charge is 0.478 e. The first-order valence-corrected chi connectivity index (χ1v) is 15.1. The molecule has 206 valence electrons. The normalized spacial score (nSPS) is 11.2. The molecule has 0 heterocycles. The van der Waals surface area contributed by atoms with Crippen LogP contribution in [0.4, 0.5) is 0 Å². The number of carbonyl (C=O) groups is 2. The van der Waals surface area contributed by atoms with E-state index < -0.39 is 11.9 Å². The van der Waals surface area contributed by atoms with Gasteiger partial charge in [0.15, 0.2) is 0 Å². The van der Waals surface area contributed by atoms with Crippen LogP contribution >= 0.6 is 0 Å². The number of aromatic carboxylic acids is 2. The second-order valence-corrected chi connectivity index (χ2v) is 10.6. The maximum Gasteiger partial charge on any atom is 0.335 e. The summed E-state index contributed by atoms with van der Waals surface area (Å²) in [4.78, 5) is 23.7. The lowest BCUT2D eigenvalue weighted by Gasteiger charge is -2.13. The van der Waals surface area contributed by atoms with Gasteiger partial charge in [-0.15, -0.1) is 0 Å². The molecule has 0 saturated heterocycles. The van der Waals surface area contributed by atoms with Gasteiger partial charge in [0.1, 0.15) is 0 Å². The number of aryl methyl sites for hydroxylation is 2. The van der Waals surface area contributed by atoms with Gasteiger partial charge in [0.25, 0.3) is 0 Å². The third kappa shape index (κ3) is 14.7. The van der Waals surface area contributed by atoms with Gasteiger partial charge in [0, 0.05) is 0 Å². The number of carboxylic acid groups (broad SMARTS) is 2. The van der Waals surface area contributed by atoms with E-state index in [0.717, 1.165) is 36.8 Å². The zero-order valence-electron chi connectivity index (χ0n) is 23.4. The van der Waals surface area contributed by atoms with E-state index in [1.54, 1.807) is 0 Å². The Kier molecular flexibility index (Phi) is 19.0. The summed E-state index contributed by atoms with van der Waals surface area (Å²) in [5.41, 5.74) is 1.92. The third-order valence-corrected chi connectivity index (χ3v) is 7.39. The van der Waals surface area contributed by atoms with Gasteiger partial charge >= 0.3 is 11.9 Å². The molecule has 0 unspecified atom stereocenters. The number of carboxylic acids is 2. The summed E-state index contributed by atoms with van der Waals surface area (Å²) in [5.74, 6) is -2.05. The van der Waals surface area contributed by atoms with Crippen molar-refractivity contribution in [3.63, 3.8) is 0 Å². The van der Waals surface area contributed by atoms with Crippen molar-refractivity contribution in [2.75, 3.05) is 0 Å². The number of unbranched alkanes of at least 4 members (excludes halogenated alkanes) is 18. The summed E-state index contributed by atoms with van der Waals surface area (Å²) in [6.45, 7) is 4.48. The topological polar surface area (TPSA) is 74.6 Å². The van der Waals surface area contributed by atoms with E-state index in [0.29, 0.717) is 12.8 Å². The zero-order valence-corrected chi connectivity index (χ0v) is 23.4. The third-order valence-electron chi connectivity index (χ3n) is 7.39. The fourth-order valence-corrected chi connectivity index (χ4v) is 5.11. The van der Waals surface area contributed by atoms with Gasteiger partial charge in [0.2, 0.25) is 0 Å². The van der Waals surface area contributed by atoms with Crippen molar-refractivity contribution < 1.29 is 19.8 Å². The monoisotopic (exact) mass is 502 g/mol. The predicted octanol–water partition coefficient (Wildman–Crippen LogP) is 10.0. The van der Waals surface area contributed by atoms with Crippen LogP contribution in [0.5, 0.6) is 0 Å². The Morgan fingerprint density at radius 2 is 0.750 bits per heavy atom. The molecule has 0 saturated carbocycles. The van der Waals surface area contributed by atoms with E-state index in [2.05, 4.69) is 13.8 Å². The zero-order chi connectivity index (χ0) is 26.4. The van der Waals surface area contributed by atoms with Crippen LogP contribution in [0.2, 0.25) is 0 Å². The molecule has 1 aromatic carbocycles. The second-order valence-electron chi connectivity index (χ2n) is 10.6. The number of benzene rings is 1.